The maximum atomic E-state index is 13.5. The van der Waals surface area contributed by atoms with Gasteiger partial charge in [0.2, 0.25) is 5.91 Å². The number of hydrogen-bond acceptors (Lipinski definition) is 5. The molecule has 3 aromatic rings. The van der Waals surface area contributed by atoms with Crippen molar-refractivity contribution < 1.29 is 22.7 Å². The van der Waals surface area contributed by atoms with Crippen LogP contribution in [0.2, 0.25) is 5.02 Å². The molecule has 0 radical (unpaired) electrons. The number of sulfonamides is 1. The summed E-state index contributed by atoms with van der Waals surface area (Å²) in [5.74, 6) is -1.08. The van der Waals surface area contributed by atoms with Crippen molar-refractivity contribution in [3.05, 3.63) is 88.4 Å². The Labute approximate surface area is 204 Å². The number of hydrogen-bond donors (Lipinski definition) is 1. The lowest BCUT2D eigenvalue weighted by molar-refractivity contribution is -0.114. The van der Waals surface area contributed by atoms with Gasteiger partial charge in [-0.1, -0.05) is 41.9 Å². The number of benzene rings is 3. The van der Waals surface area contributed by atoms with Crippen LogP contribution in [0.1, 0.15) is 28.4 Å². The van der Waals surface area contributed by atoms with Crippen LogP contribution >= 0.6 is 11.6 Å². The van der Waals surface area contributed by atoms with Gasteiger partial charge in [-0.15, -0.1) is 0 Å². The zero-order chi connectivity index (χ0) is 24.9. The van der Waals surface area contributed by atoms with Crippen LogP contribution in [0, 0.1) is 13.8 Å². The zero-order valence-corrected chi connectivity index (χ0v) is 20.6. The van der Waals surface area contributed by atoms with Crippen LogP contribution in [0.25, 0.3) is 0 Å². The number of carbonyl (C=O) groups excluding carboxylic acids is 2. The maximum absolute atomic E-state index is 13.5. The molecule has 0 atom stereocenters. The maximum Gasteiger partial charge on any atom is 0.338 e. The molecule has 0 heterocycles. The molecule has 0 unspecified atom stereocenters. The molecule has 0 saturated heterocycles. The second-order valence-corrected chi connectivity index (χ2v) is 9.80. The van der Waals surface area contributed by atoms with Gasteiger partial charge in [-0.25, -0.2) is 13.2 Å². The highest BCUT2D eigenvalue weighted by atomic mass is 35.5. The Hall–Kier alpha value is -3.36. The SMILES string of the molecule is CCOC(=O)c1cccc(NC(=O)CN(c2cc(Cl)ccc2C)S(=O)(=O)c2ccccc2)c1C. The lowest BCUT2D eigenvalue weighted by Gasteiger charge is -2.26. The first kappa shape index (κ1) is 25.3. The molecule has 178 valence electrons. The average Bonchev–Trinajstić information content (AvgIpc) is 2.81. The van der Waals surface area contributed by atoms with Crippen LogP contribution in [0.3, 0.4) is 0 Å². The first-order valence-corrected chi connectivity index (χ1v) is 12.4. The number of ether oxygens (including phenoxy) is 1. The van der Waals surface area contributed by atoms with Gasteiger partial charge in [0.15, 0.2) is 0 Å². The molecule has 1 N–H and O–H groups in total. The largest absolute Gasteiger partial charge is 0.462 e. The number of anilines is 2. The zero-order valence-electron chi connectivity index (χ0n) is 19.0. The van der Waals surface area contributed by atoms with Gasteiger partial charge in [-0.2, -0.15) is 0 Å². The van der Waals surface area contributed by atoms with E-state index in [1.807, 2.05) is 0 Å². The summed E-state index contributed by atoms with van der Waals surface area (Å²) in [5, 5.41) is 3.06. The number of nitrogens with zero attached hydrogens (tertiary/aromatic N) is 1. The van der Waals surface area contributed by atoms with Crippen LogP contribution in [0.4, 0.5) is 11.4 Å². The van der Waals surface area contributed by atoms with Crippen LogP contribution in [0.15, 0.2) is 71.6 Å². The van der Waals surface area contributed by atoms with E-state index in [1.54, 1.807) is 69.3 Å². The Morgan fingerprint density at radius 3 is 2.38 bits per heavy atom. The predicted molar refractivity (Wildman–Crippen MR) is 133 cm³/mol. The Balaban J connectivity index is 1.97. The molecular formula is C25H25ClN2O5S. The molecule has 34 heavy (non-hydrogen) atoms. The van der Waals surface area contributed by atoms with Crippen molar-refractivity contribution in [1.29, 1.82) is 0 Å². The summed E-state index contributed by atoms with van der Waals surface area (Å²) in [6, 6.07) is 17.6. The van der Waals surface area contributed by atoms with Gasteiger partial charge in [0.1, 0.15) is 6.54 Å². The second kappa shape index (κ2) is 10.7. The molecular weight excluding hydrogens is 476 g/mol. The monoisotopic (exact) mass is 500 g/mol. The summed E-state index contributed by atoms with van der Waals surface area (Å²) >= 11 is 6.15. The van der Waals surface area contributed by atoms with Gasteiger partial charge in [-0.05, 0) is 68.3 Å². The Morgan fingerprint density at radius 1 is 1.00 bits per heavy atom. The molecule has 7 nitrogen and oxygen atoms in total. The van der Waals surface area contributed by atoms with Crippen molar-refractivity contribution >= 4 is 44.9 Å². The predicted octanol–water partition coefficient (Wildman–Crippen LogP) is 4.97. The van der Waals surface area contributed by atoms with Crippen molar-refractivity contribution in [1.82, 2.24) is 0 Å². The number of nitrogens with one attached hydrogen (secondary N) is 1. The fourth-order valence-electron chi connectivity index (χ4n) is 3.39. The van der Waals surface area contributed by atoms with Crippen molar-refractivity contribution in [2.24, 2.45) is 0 Å². The molecule has 0 aliphatic rings. The van der Waals surface area contributed by atoms with Crippen LogP contribution in [0.5, 0.6) is 0 Å². The second-order valence-electron chi connectivity index (χ2n) is 7.50. The first-order chi connectivity index (χ1) is 16.1. The van der Waals surface area contributed by atoms with Crippen molar-refractivity contribution in [2.75, 3.05) is 22.8 Å². The third kappa shape index (κ3) is 5.58. The third-order valence-corrected chi connectivity index (χ3v) is 7.17. The van der Waals surface area contributed by atoms with E-state index < -0.39 is 28.4 Å². The van der Waals surface area contributed by atoms with E-state index in [0.29, 0.717) is 33.1 Å². The molecule has 0 bridgehead atoms. The first-order valence-electron chi connectivity index (χ1n) is 10.6. The van der Waals surface area contributed by atoms with Gasteiger partial charge in [0, 0.05) is 10.7 Å². The highest BCUT2D eigenvalue weighted by Crippen LogP contribution is 2.30. The molecule has 0 saturated carbocycles. The van der Waals surface area contributed by atoms with E-state index in [-0.39, 0.29) is 11.5 Å². The van der Waals surface area contributed by atoms with Crippen LogP contribution in [-0.2, 0) is 19.6 Å². The van der Waals surface area contributed by atoms with Crippen molar-refractivity contribution in [3.63, 3.8) is 0 Å². The topological polar surface area (TPSA) is 92.8 Å². The molecule has 1 amide bonds. The van der Waals surface area contributed by atoms with Gasteiger partial charge >= 0.3 is 5.97 Å². The van der Waals surface area contributed by atoms with Gasteiger partial charge in [-0.3, -0.25) is 9.10 Å². The minimum absolute atomic E-state index is 0.0441. The van der Waals surface area contributed by atoms with Crippen molar-refractivity contribution in [3.8, 4) is 0 Å². The number of carbonyl (C=O) groups is 2. The van der Waals surface area contributed by atoms with E-state index in [2.05, 4.69) is 5.32 Å². The van der Waals surface area contributed by atoms with E-state index in [9.17, 15) is 18.0 Å². The molecule has 0 aliphatic carbocycles. The van der Waals surface area contributed by atoms with E-state index in [0.717, 1.165) is 4.31 Å². The summed E-state index contributed by atoms with van der Waals surface area (Å²) in [4.78, 5) is 25.3. The highest BCUT2D eigenvalue weighted by Gasteiger charge is 2.28. The molecule has 0 fully saturated rings. The van der Waals surface area contributed by atoms with Crippen LogP contribution in [-0.4, -0.2) is 33.4 Å². The van der Waals surface area contributed by atoms with Gasteiger partial charge in [0.25, 0.3) is 10.0 Å². The average molecular weight is 501 g/mol. The molecule has 0 spiro atoms. The molecule has 0 aromatic heterocycles. The summed E-state index contributed by atoms with van der Waals surface area (Å²) in [6.45, 7) is 4.85. The minimum atomic E-state index is -4.08. The lowest BCUT2D eigenvalue weighted by atomic mass is 10.1. The minimum Gasteiger partial charge on any atom is -0.462 e. The number of aryl methyl sites for hydroxylation is 1. The molecule has 3 aromatic carbocycles. The van der Waals surface area contributed by atoms with E-state index >= 15 is 0 Å². The molecule has 0 aliphatic heterocycles. The number of rotatable bonds is 8. The van der Waals surface area contributed by atoms with E-state index in [4.69, 9.17) is 16.3 Å². The Kier molecular flexibility index (Phi) is 7.96. The van der Waals surface area contributed by atoms with Gasteiger partial charge < -0.3 is 10.1 Å². The van der Waals surface area contributed by atoms with Crippen LogP contribution < -0.4 is 9.62 Å². The summed E-state index contributed by atoms with van der Waals surface area (Å²) in [6.07, 6.45) is 0. The number of amides is 1. The van der Waals surface area contributed by atoms with Crippen molar-refractivity contribution in [2.45, 2.75) is 25.7 Å². The normalized spacial score (nSPS) is 11.1. The number of esters is 1. The number of halogens is 1. The quantitative estimate of drug-likeness (QED) is 0.441. The summed E-state index contributed by atoms with van der Waals surface area (Å²) < 4.78 is 33.1. The molecule has 9 heteroatoms. The third-order valence-electron chi connectivity index (χ3n) is 5.16. The lowest BCUT2D eigenvalue weighted by Crippen LogP contribution is -2.38. The van der Waals surface area contributed by atoms with Gasteiger partial charge in [0.05, 0.1) is 22.8 Å². The van der Waals surface area contributed by atoms with E-state index in [1.165, 1.54) is 18.2 Å². The summed E-state index contributed by atoms with van der Waals surface area (Å²) in [7, 11) is -4.08. The highest BCUT2D eigenvalue weighted by molar-refractivity contribution is 7.92. The Morgan fingerprint density at radius 2 is 1.71 bits per heavy atom. The standard InChI is InChI=1S/C25H25ClN2O5S/c1-4-33-25(30)21-11-8-12-22(18(21)3)27-24(29)16-28(23-15-19(26)14-13-17(23)2)34(31,32)20-9-6-5-7-10-20/h5-15H,4,16H2,1-3H3,(H,27,29). The summed E-state index contributed by atoms with van der Waals surface area (Å²) in [5.41, 5.74) is 2.15. The molecule has 3 rings (SSSR count). The smallest absolute Gasteiger partial charge is 0.338 e. The Bertz CT molecular complexity index is 1310. The fraction of sp³-hybridized carbons (Fsp3) is 0.200. The fourth-order valence-corrected chi connectivity index (χ4v) is 5.06.